The molecule has 1 heterocycles. The summed E-state index contributed by atoms with van der Waals surface area (Å²) in [7, 11) is 1.74. The second-order valence-electron chi connectivity index (χ2n) is 4.61. The van der Waals surface area contributed by atoms with Crippen molar-refractivity contribution in [2.45, 2.75) is 32.6 Å². The normalized spacial score (nSPS) is 30.3. The van der Waals surface area contributed by atoms with Crippen LogP contribution in [-0.2, 0) is 13.5 Å². The molecule has 15 heavy (non-hydrogen) atoms. The summed E-state index contributed by atoms with van der Waals surface area (Å²) in [6.07, 6.45) is 3.69. The minimum Gasteiger partial charge on any atom is -0.198 e. The molecule has 0 spiro atoms. The molecule has 0 aliphatic heterocycles. The van der Waals surface area contributed by atoms with Gasteiger partial charge in [-0.1, -0.05) is 6.92 Å². The van der Waals surface area contributed by atoms with Crippen molar-refractivity contribution >= 4 is 0 Å². The van der Waals surface area contributed by atoms with Crippen LogP contribution in [-0.4, -0.2) is 20.2 Å². The average Bonchev–Trinajstić information content (AvgIpc) is 2.75. The summed E-state index contributed by atoms with van der Waals surface area (Å²) in [5, 5.41) is 21.1. The summed E-state index contributed by atoms with van der Waals surface area (Å²) >= 11 is 0. The minimum absolute atomic E-state index is 0.248. The lowest BCUT2D eigenvalue weighted by Gasteiger charge is -2.17. The largest absolute Gasteiger partial charge is 0.198 e. The van der Waals surface area contributed by atoms with E-state index in [1.54, 1.807) is 7.05 Å². The Balaban J connectivity index is 2.13. The van der Waals surface area contributed by atoms with Crippen molar-refractivity contribution in [3.63, 3.8) is 0 Å². The molecule has 0 amide bonds. The first-order valence-electron chi connectivity index (χ1n) is 5.28. The van der Waals surface area contributed by atoms with Gasteiger partial charge >= 0.3 is 0 Å². The molecule has 1 aromatic heterocycles. The molecule has 1 aliphatic carbocycles. The van der Waals surface area contributed by atoms with Gasteiger partial charge < -0.3 is 0 Å². The summed E-state index contributed by atoms with van der Waals surface area (Å²) in [6.45, 7) is 2.20. The van der Waals surface area contributed by atoms with Crippen molar-refractivity contribution in [2.24, 2.45) is 18.4 Å². The molecule has 5 heteroatoms. The Morgan fingerprint density at radius 3 is 2.93 bits per heavy atom. The molecule has 1 saturated carbocycles. The fourth-order valence-electron chi connectivity index (χ4n) is 2.39. The van der Waals surface area contributed by atoms with Gasteiger partial charge in [0.15, 0.2) is 5.82 Å². The van der Waals surface area contributed by atoms with Crippen LogP contribution >= 0.6 is 0 Å². The third-order valence-corrected chi connectivity index (χ3v) is 3.14. The van der Waals surface area contributed by atoms with Crippen LogP contribution in [0.5, 0.6) is 0 Å². The number of rotatable bonds is 2. The summed E-state index contributed by atoms with van der Waals surface area (Å²) in [6, 6.07) is 2.45. The molecular formula is C10H15N5. The van der Waals surface area contributed by atoms with Crippen molar-refractivity contribution in [3.8, 4) is 6.07 Å². The number of aryl methyl sites for hydroxylation is 1. The van der Waals surface area contributed by atoms with E-state index in [2.05, 4.69) is 28.4 Å². The zero-order valence-corrected chi connectivity index (χ0v) is 9.14. The van der Waals surface area contributed by atoms with Gasteiger partial charge in [-0.2, -0.15) is 10.1 Å². The summed E-state index contributed by atoms with van der Waals surface area (Å²) in [5.74, 6) is 1.33. The third-order valence-electron chi connectivity index (χ3n) is 3.14. The Hall–Kier alpha value is -1.44. The van der Waals surface area contributed by atoms with Gasteiger partial charge in [0.05, 0.1) is 18.5 Å². The number of hydrogen-bond donors (Lipinski definition) is 0. The monoisotopic (exact) mass is 205 g/mol. The highest BCUT2D eigenvalue weighted by atomic mass is 15.6. The van der Waals surface area contributed by atoms with Crippen LogP contribution in [0.15, 0.2) is 0 Å². The zero-order valence-electron chi connectivity index (χ0n) is 9.14. The Labute approximate surface area is 89.1 Å². The smallest absolute Gasteiger partial charge is 0.176 e. The lowest BCUT2D eigenvalue weighted by molar-refractivity contribution is 0.382. The summed E-state index contributed by atoms with van der Waals surface area (Å²) in [4.78, 5) is 1.44. The first kappa shape index (κ1) is 10.1. The van der Waals surface area contributed by atoms with Gasteiger partial charge in [0.2, 0.25) is 0 Å². The minimum atomic E-state index is -0.248. The van der Waals surface area contributed by atoms with Crippen LogP contribution in [0.25, 0.3) is 0 Å². The average molecular weight is 205 g/mol. The molecule has 0 saturated heterocycles. The Morgan fingerprint density at radius 1 is 1.67 bits per heavy atom. The lowest BCUT2D eigenvalue weighted by atomic mass is 9.83. The van der Waals surface area contributed by atoms with Gasteiger partial charge in [0, 0.05) is 6.42 Å². The van der Waals surface area contributed by atoms with Crippen molar-refractivity contribution < 1.29 is 0 Å². The van der Waals surface area contributed by atoms with Crippen LogP contribution in [0.2, 0.25) is 0 Å². The van der Waals surface area contributed by atoms with Crippen LogP contribution in [0.1, 0.15) is 32.0 Å². The molecule has 2 rings (SSSR count). The van der Waals surface area contributed by atoms with Crippen molar-refractivity contribution in [1.29, 1.82) is 5.26 Å². The predicted molar refractivity (Wildman–Crippen MR) is 53.6 cm³/mol. The standard InChI is InChI=1S/C10H15N5/c1-8-3-4-10(5-8,7-11)6-9-12-14-15(2)13-9/h8H,3-6H2,1-2H3. The fraction of sp³-hybridized carbons (Fsp3) is 0.800. The number of tetrazole rings is 1. The number of nitriles is 1. The van der Waals surface area contributed by atoms with Gasteiger partial charge in [-0.25, -0.2) is 0 Å². The molecule has 1 fully saturated rings. The summed E-state index contributed by atoms with van der Waals surface area (Å²) < 4.78 is 0. The van der Waals surface area contributed by atoms with Gasteiger partial charge in [-0.3, -0.25) is 0 Å². The summed E-state index contributed by atoms with van der Waals surface area (Å²) in [5.41, 5.74) is -0.248. The SMILES string of the molecule is CC1CCC(C#N)(Cc2nnn(C)n2)C1. The van der Waals surface area contributed by atoms with Gasteiger partial charge in [-0.05, 0) is 30.4 Å². The fourth-order valence-corrected chi connectivity index (χ4v) is 2.39. The lowest BCUT2D eigenvalue weighted by Crippen LogP contribution is -2.18. The molecule has 2 unspecified atom stereocenters. The Bertz CT molecular complexity index is 391. The second kappa shape index (κ2) is 3.61. The van der Waals surface area contributed by atoms with Crippen LogP contribution in [0.4, 0.5) is 0 Å². The predicted octanol–water partition coefficient (Wildman–Crippen LogP) is 1.08. The number of nitrogens with zero attached hydrogens (tertiary/aromatic N) is 5. The van der Waals surface area contributed by atoms with E-state index >= 15 is 0 Å². The van der Waals surface area contributed by atoms with Crippen LogP contribution in [0.3, 0.4) is 0 Å². The molecule has 2 atom stereocenters. The molecule has 0 bridgehead atoms. The first-order valence-corrected chi connectivity index (χ1v) is 5.28. The van der Waals surface area contributed by atoms with E-state index in [-0.39, 0.29) is 5.41 Å². The van der Waals surface area contributed by atoms with Crippen molar-refractivity contribution in [3.05, 3.63) is 5.82 Å². The van der Waals surface area contributed by atoms with E-state index in [4.69, 9.17) is 0 Å². The Kier molecular flexibility index (Phi) is 2.43. The highest BCUT2D eigenvalue weighted by molar-refractivity contribution is 5.07. The van der Waals surface area contributed by atoms with E-state index in [1.165, 1.54) is 4.80 Å². The van der Waals surface area contributed by atoms with Crippen LogP contribution < -0.4 is 0 Å². The van der Waals surface area contributed by atoms with Gasteiger partial charge in [-0.15, -0.1) is 10.2 Å². The molecule has 1 aliphatic rings. The third kappa shape index (κ3) is 1.99. The number of aromatic nitrogens is 4. The van der Waals surface area contributed by atoms with E-state index in [9.17, 15) is 5.26 Å². The zero-order chi connectivity index (χ0) is 10.9. The maximum Gasteiger partial charge on any atom is 0.176 e. The molecule has 80 valence electrons. The molecule has 0 N–H and O–H groups in total. The topological polar surface area (TPSA) is 67.4 Å². The molecular weight excluding hydrogens is 190 g/mol. The van der Waals surface area contributed by atoms with E-state index < -0.39 is 0 Å². The molecule has 5 nitrogen and oxygen atoms in total. The van der Waals surface area contributed by atoms with Gasteiger partial charge in [0.25, 0.3) is 0 Å². The quantitative estimate of drug-likeness (QED) is 0.724. The highest BCUT2D eigenvalue weighted by Gasteiger charge is 2.38. The Morgan fingerprint density at radius 2 is 2.47 bits per heavy atom. The van der Waals surface area contributed by atoms with Gasteiger partial charge in [0.1, 0.15) is 0 Å². The maximum absolute atomic E-state index is 9.27. The first-order chi connectivity index (χ1) is 7.13. The van der Waals surface area contributed by atoms with Crippen LogP contribution in [0, 0.1) is 22.7 Å². The number of hydrogen-bond acceptors (Lipinski definition) is 4. The molecule has 0 radical (unpaired) electrons. The van der Waals surface area contributed by atoms with Crippen molar-refractivity contribution in [1.82, 2.24) is 20.2 Å². The second-order valence-corrected chi connectivity index (χ2v) is 4.61. The van der Waals surface area contributed by atoms with E-state index in [1.807, 2.05) is 0 Å². The van der Waals surface area contributed by atoms with Crippen molar-refractivity contribution in [2.75, 3.05) is 0 Å². The van der Waals surface area contributed by atoms with E-state index in [0.717, 1.165) is 19.3 Å². The molecule has 1 aromatic rings. The van der Waals surface area contributed by atoms with E-state index in [0.29, 0.717) is 18.2 Å². The molecule has 0 aromatic carbocycles. The maximum atomic E-state index is 9.27. The highest BCUT2D eigenvalue weighted by Crippen LogP contribution is 2.42.